The molecule has 102 valence electrons. The van der Waals surface area contributed by atoms with Crippen LogP contribution in [0.5, 0.6) is 11.5 Å². The van der Waals surface area contributed by atoms with Gasteiger partial charge in [0.15, 0.2) is 11.5 Å². The van der Waals surface area contributed by atoms with Crippen LogP contribution in [0.1, 0.15) is 18.2 Å². The van der Waals surface area contributed by atoms with Crippen molar-refractivity contribution in [1.29, 1.82) is 0 Å². The minimum absolute atomic E-state index is 0.0146. The molecule has 0 spiro atoms. The van der Waals surface area contributed by atoms with Crippen molar-refractivity contribution in [2.24, 2.45) is 0 Å². The third-order valence-corrected chi connectivity index (χ3v) is 2.93. The molecule has 5 heteroatoms. The number of aromatic nitrogens is 2. The molecule has 1 N–H and O–H groups in total. The average molecular weight is 262 g/mol. The monoisotopic (exact) mass is 262 g/mol. The molecule has 0 unspecified atom stereocenters. The van der Waals surface area contributed by atoms with Crippen LogP contribution >= 0.6 is 0 Å². The van der Waals surface area contributed by atoms with E-state index in [0.29, 0.717) is 18.1 Å². The van der Waals surface area contributed by atoms with Gasteiger partial charge in [0, 0.05) is 6.54 Å². The topological polar surface area (TPSA) is 56.5 Å². The molecule has 0 radical (unpaired) electrons. The Hall–Kier alpha value is -2.01. The van der Waals surface area contributed by atoms with Crippen molar-refractivity contribution in [1.82, 2.24) is 9.55 Å². The van der Waals surface area contributed by atoms with Crippen LogP contribution < -0.4 is 9.47 Å². The second-order valence-corrected chi connectivity index (χ2v) is 4.10. The summed E-state index contributed by atoms with van der Waals surface area (Å²) in [4.78, 5) is 4.09. The van der Waals surface area contributed by atoms with E-state index in [1.54, 1.807) is 31.8 Å². The first kappa shape index (κ1) is 13.4. The SMILES string of the molecule is CCn1cncc1COc1ccc(CO)cc1OC. The molecule has 0 amide bonds. The van der Waals surface area contributed by atoms with E-state index >= 15 is 0 Å². The molecular formula is C14H18N2O3. The number of imidazole rings is 1. The summed E-state index contributed by atoms with van der Waals surface area (Å²) in [5, 5.41) is 9.09. The molecule has 1 aromatic carbocycles. The predicted octanol–water partition coefficient (Wildman–Crippen LogP) is 1.98. The van der Waals surface area contributed by atoms with Crippen LogP contribution in [0.15, 0.2) is 30.7 Å². The highest BCUT2D eigenvalue weighted by Gasteiger charge is 2.07. The van der Waals surface area contributed by atoms with E-state index in [1.807, 2.05) is 10.6 Å². The van der Waals surface area contributed by atoms with Crippen molar-refractivity contribution in [3.63, 3.8) is 0 Å². The Bertz CT molecular complexity index is 537. The molecule has 0 bridgehead atoms. The minimum atomic E-state index is -0.0146. The number of ether oxygens (including phenoxy) is 2. The largest absolute Gasteiger partial charge is 0.493 e. The van der Waals surface area contributed by atoms with Crippen LogP contribution in [-0.4, -0.2) is 21.8 Å². The second kappa shape index (κ2) is 6.24. The lowest BCUT2D eigenvalue weighted by Crippen LogP contribution is -2.04. The van der Waals surface area contributed by atoms with E-state index in [0.717, 1.165) is 17.8 Å². The summed E-state index contributed by atoms with van der Waals surface area (Å²) in [6.45, 7) is 3.34. The van der Waals surface area contributed by atoms with Gasteiger partial charge in [-0.15, -0.1) is 0 Å². The first-order valence-electron chi connectivity index (χ1n) is 6.18. The molecule has 0 atom stereocenters. The minimum Gasteiger partial charge on any atom is -0.493 e. The smallest absolute Gasteiger partial charge is 0.161 e. The number of nitrogens with zero attached hydrogens (tertiary/aromatic N) is 2. The summed E-state index contributed by atoms with van der Waals surface area (Å²) < 4.78 is 13.0. The normalized spacial score (nSPS) is 10.5. The highest BCUT2D eigenvalue weighted by Crippen LogP contribution is 2.28. The quantitative estimate of drug-likeness (QED) is 0.865. The number of aliphatic hydroxyl groups excluding tert-OH is 1. The van der Waals surface area contributed by atoms with Gasteiger partial charge in [0.2, 0.25) is 0 Å². The number of aliphatic hydroxyl groups is 1. The molecule has 0 aliphatic rings. The van der Waals surface area contributed by atoms with Gasteiger partial charge in [-0.25, -0.2) is 4.98 Å². The van der Waals surface area contributed by atoms with Gasteiger partial charge in [-0.1, -0.05) is 6.07 Å². The lowest BCUT2D eigenvalue weighted by atomic mass is 10.2. The Morgan fingerprint density at radius 3 is 2.84 bits per heavy atom. The number of rotatable bonds is 6. The number of benzene rings is 1. The second-order valence-electron chi connectivity index (χ2n) is 4.10. The van der Waals surface area contributed by atoms with E-state index in [9.17, 15) is 0 Å². The zero-order valence-electron chi connectivity index (χ0n) is 11.2. The summed E-state index contributed by atoms with van der Waals surface area (Å²) in [6.07, 6.45) is 3.57. The fourth-order valence-corrected chi connectivity index (χ4v) is 1.83. The fourth-order valence-electron chi connectivity index (χ4n) is 1.83. The standard InChI is InChI=1S/C14H18N2O3/c1-3-16-10-15-7-12(16)9-19-13-5-4-11(8-17)6-14(13)18-2/h4-7,10,17H,3,8-9H2,1-2H3. The third-order valence-electron chi connectivity index (χ3n) is 2.93. The highest BCUT2D eigenvalue weighted by molar-refractivity contribution is 5.42. The summed E-state index contributed by atoms with van der Waals surface area (Å²) in [6, 6.07) is 5.39. The zero-order valence-corrected chi connectivity index (χ0v) is 11.2. The van der Waals surface area contributed by atoms with Gasteiger partial charge >= 0.3 is 0 Å². The van der Waals surface area contributed by atoms with E-state index < -0.39 is 0 Å². The average Bonchev–Trinajstić information content (AvgIpc) is 2.92. The van der Waals surface area contributed by atoms with Crippen LogP contribution in [0.3, 0.4) is 0 Å². The summed E-state index contributed by atoms with van der Waals surface area (Å²) in [7, 11) is 1.58. The lowest BCUT2D eigenvalue weighted by molar-refractivity contribution is 0.270. The van der Waals surface area contributed by atoms with Gasteiger partial charge in [0.25, 0.3) is 0 Å². The molecule has 0 saturated heterocycles. The van der Waals surface area contributed by atoms with Crippen LogP contribution in [0, 0.1) is 0 Å². The Balaban J connectivity index is 2.11. The van der Waals surface area contributed by atoms with Crippen molar-refractivity contribution in [2.45, 2.75) is 26.7 Å². The van der Waals surface area contributed by atoms with Crippen molar-refractivity contribution in [3.8, 4) is 11.5 Å². The Morgan fingerprint density at radius 1 is 1.32 bits per heavy atom. The molecule has 1 heterocycles. The van der Waals surface area contributed by atoms with Crippen molar-refractivity contribution in [2.75, 3.05) is 7.11 Å². The molecule has 5 nitrogen and oxygen atoms in total. The van der Waals surface area contributed by atoms with Crippen molar-refractivity contribution < 1.29 is 14.6 Å². The van der Waals surface area contributed by atoms with E-state index in [2.05, 4.69) is 11.9 Å². The molecule has 0 aliphatic carbocycles. The molecule has 0 fully saturated rings. The van der Waals surface area contributed by atoms with Crippen LogP contribution in [0.4, 0.5) is 0 Å². The first-order chi connectivity index (χ1) is 9.28. The Morgan fingerprint density at radius 2 is 2.16 bits per heavy atom. The van der Waals surface area contributed by atoms with E-state index in [4.69, 9.17) is 14.6 Å². The maximum Gasteiger partial charge on any atom is 0.161 e. The number of hydrogen-bond donors (Lipinski definition) is 1. The molecule has 2 aromatic rings. The molecule has 2 rings (SSSR count). The van der Waals surface area contributed by atoms with Gasteiger partial charge in [0.05, 0.1) is 31.9 Å². The van der Waals surface area contributed by atoms with Crippen molar-refractivity contribution in [3.05, 3.63) is 42.0 Å². The van der Waals surface area contributed by atoms with Crippen LogP contribution in [-0.2, 0) is 19.8 Å². The van der Waals surface area contributed by atoms with E-state index in [-0.39, 0.29) is 6.61 Å². The van der Waals surface area contributed by atoms with Crippen LogP contribution in [0.25, 0.3) is 0 Å². The third kappa shape index (κ3) is 3.06. The summed E-state index contributed by atoms with van der Waals surface area (Å²) in [5.74, 6) is 1.28. The van der Waals surface area contributed by atoms with Crippen LogP contribution in [0.2, 0.25) is 0 Å². The van der Waals surface area contributed by atoms with E-state index in [1.165, 1.54) is 0 Å². The molecule has 19 heavy (non-hydrogen) atoms. The summed E-state index contributed by atoms with van der Waals surface area (Å²) >= 11 is 0. The highest BCUT2D eigenvalue weighted by atomic mass is 16.5. The Kier molecular flexibility index (Phi) is 4.41. The number of methoxy groups -OCH3 is 1. The molecule has 0 saturated carbocycles. The molecular weight excluding hydrogens is 244 g/mol. The van der Waals surface area contributed by atoms with Gasteiger partial charge in [-0.3, -0.25) is 0 Å². The number of hydrogen-bond acceptors (Lipinski definition) is 4. The van der Waals surface area contributed by atoms with Gasteiger partial charge < -0.3 is 19.1 Å². The van der Waals surface area contributed by atoms with Gasteiger partial charge in [-0.2, -0.15) is 0 Å². The molecule has 0 aliphatic heterocycles. The van der Waals surface area contributed by atoms with Gasteiger partial charge in [-0.05, 0) is 24.6 Å². The van der Waals surface area contributed by atoms with Crippen molar-refractivity contribution >= 4 is 0 Å². The predicted molar refractivity (Wildman–Crippen MR) is 71.1 cm³/mol. The summed E-state index contributed by atoms with van der Waals surface area (Å²) in [5.41, 5.74) is 1.80. The zero-order chi connectivity index (χ0) is 13.7. The Labute approximate surface area is 112 Å². The maximum absolute atomic E-state index is 9.09. The van der Waals surface area contributed by atoms with Gasteiger partial charge in [0.1, 0.15) is 6.61 Å². The lowest BCUT2D eigenvalue weighted by Gasteiger charge is -2.12. The fraction of sp³-hybridized carbons (Fsp3) is 0.357. The molecule has 1 aromatic heterocycles. The number of aryl methyl sites for hydroxylation is 1. The first-order valence-corrected chi connectivity index (χ1v) is 6.18. The maximum atomic E-state index is 9.09.